The number of phenols is 2. The molecule has 0 radical (unpaired) electrons. The van der Waals surface area contributed by atoms with E-state index in [0.29, 0.717) is 36.8 Å². The van der Waals surface area contributed by atoms with E-state index in [1.165, 1.54) is 26.4 Å². The summed E-state index contributed by atoms with van der Waals surface area (Å²) in [5.41, 5.74) is 2.08. The summed E-state index contributed by atoms with van der Waals surface area (Å²) in [5.74, 6) is -2.98. The number of methoxy groups -OCH3 is 2. The largest absolute Gasteiger partial charge is 0.507 e. The number of ether oxygens (including phenoxy) is 2. The highest BCUT2D eigenvalue weighted by atomic mass is 16.5. The fraction of sp³-hybridized carbons (Fsp3) is 0.317. The highest BCUT2D eigenvalue weighted by molar-refractivity contribution is 6.32. The molecule has 8 rings (SSSR count). The zero-order valence-electron chi connectivity index (χ0n) is 28.5. The number of hydrogen-bond donors (Lipinski definition) is 4. The molecule has 0 amide bonds. The molecular formula is C41H36O10. The summed E-state index contributed by atoms with van der Waals surface area (Å²) in [5, 5.41) is 45.7. The Labute approximate surface area is 293 Å². The maximum atomic E-state index is 14.3. The van der Waals surface area contributed by atoms with Crippen LogP contribution in [0.5, 0.6) is 23.0 Å². The molecule has 4 aromatic carbocycles. The van der Waals surface area contributed by atoms with Gasteiger partial charge in [0.2, 0.25) is 0 Å². The first-order valence-corrected chi connectivity index (χ1v) is 17.1. The molecule has 10 nitrogen and oxygen atoms in total. The van der Waals surface area contributed by atoms with Gasteiger partial charge >= 0.3 is 0 Å². The lowest BCUT2D eigenvalue weighted by molar-refractivity contribution is 0.0960. The van der Waals surface area contributed by atoms with E-state index in [1.54, 1.807) is 24.3 Å². The van der Waals surface area contributed by atoms with Gasteiger partial charge in [-0.3, -0.25) is 19.2 Å². The number of hydrogen-bond acceptors (Lipinski definition) is 10. The molecule has 0 spiro atoms. The van der Waals surface area contributed by atoms with E-state index in [-0.39, 0.29) is 85.4 Å². The van der Waals surface area contributed by atoms with Gasteiger partial charge in [0.1, 0.15) is 23.0 Å². The number of aliphatic hydroxyl groups is 2. The summed E-state index contributed by atoms with van der Waals surface area (Å²) in [6, 6.07) is 9.49. The van der Waals surface area contributed by atoms with Crippen LogP contribution < -0.4 is 9.47 Å². The van der Waals surface area contributed by atoms with Gasteiger partial charge in [0.15, 0.2) is 23.1 Å². The third-order valence-electron chi connectivity index (χ3n) is 11.1. The van der Waals surface area contributed by atoms with Crippen LogP contribution in [-0.4, -0.2) is 57.8 Å². The molecule has 4 N–H and O–H groups in total. The Kier molecular flexibility index (Phi) is 7.48. The van der Waals surface area contributed by atoms with Gasteiger partial charge in [0.25, 0.3) is 0 Å². The van der Waals surface area contributed by atoms with Crippen molar-refractivity contribution in [2.24, 2.45) is 11.8 Å². The maximum absolute atomic E-state index is 14.3. The van der Waals surface area contributed by atoms with Crippen LogP contribution in [0.2, 0.25) is 0 Å². The van der Waals surface area contributed by atoms with E-state index >= 15 is 0 Å². The highest BCUT2D eigenvalue weighted by Gasteiger charge is 2.43. The number of carbonyl (C=O) groups excluding carboxylic acids is 4. The van der Waals surface area contributed by atoms with Crippen LogP contribution in [-0.2, 0) is 19.3 Å². The Morgan fingerprint density at radius 2 is 0.980 bits per heavy atom. The molecule has 260 valence electrons. The number of rotatable bonds is 4. The minimum absolute atomic E-state index is 0.0214. The predicted molar refractivity (Wildman–Crippen MR) is 184 cm³/mol. The minimum Gasteiger partial charge on any atom is -0.507 e. The number of aliphatic hydroxyl groups excluding tert-OH is 2. The lowest BCUT2D eigenvalue weighted by Gasteiger charge is -2.32. The van der Waals surface area contributed by atoms with Crippen LogP contribution in [0.15, 0.2) is 36.4 Å². The van der Waals surface area contributed by atoms with Gasteiger partial charge in [-0.15, -0.1) is 0 Å². The van der Waals surface area contributed by atoms with Gasteiger partial charge in [-0.1, -0.05) is 26.0 Å². The Hall–Kier alpha value is -5.32. The molecule has 51 heavy (non-hydrogen) atoms. The van der Waals surface area contributed by atoms with Crippen molar-refractivity contribution >= 4 is 23.1 Å². The molecule has 0 aromatic heterocycles. The second kappa shape index (κ2) is 11.6. The molecule has 0 saturated carbocycles. The normalized spacial score (nSPS) is 21.6. The van der Waals surface area contributed by atoms with Crippen LogP contribution in [0.25, 0.3) is 0 Å². The van der Waals surface area contributed by atoms with E-state index in [0.717, 1.165) is 11.1 Å². The highest BCUT2D eigenvalue weighted by Crippen LogP contribution is 2.48. The average Bonchev–Trinajstić information content (AvgIpc) is 3.09. The first kappa shape index (κ1) is 32.9. The summed E-state index contributed by atoms with van der Waals surface area (Å²) in [7, 11) is 2.66. The van der Waals surface area contributed by atoms with Crippen LogP contribution in [0.4, 0.5) is 0 Å². The lowest BCUT2D eigenvalue weighted by Crippen LogP contribution is -2.28. The Balaban J connectivity index is 1.27. The number of benzene rings is 4. The van der Waals surface area contributed by atoms with Gasteiger partial charge in [-0.2, -0.15) is 0 Å². The summed E-state index contributed by atoms with van der Waals surface area (Å²) in [4.78, 5) is 56.5. The number of aromatic hydroxyl groups is 2. The van der Waals surface area contributed by atoms with Crippen molar-refractivity contribution in [2.45, 2.75) is 58.2 Å². The van der Waals surface area contributed by atoms with Gasteiger partial charge in [0, 0.05) is 39.8 Å². The van der Waals surface area contributed by atoms with Crippen molar-refractivity contribution in [3.63, 3.8) is 0 Å². The van der Waals surface area contributed by atoms with Crippen molar-refractivity contribution in [1.29, 1.82) is 0 Å². The molecule has 10 heteroatoms. The van der Waals surface area contributed by atoms with E-state index in [4.69, 9.17) is 9.47 Å². The number of ketones is 4. The monoisotopic (exact) mass is 688 g/mol. The first-order valence-electron chi connectivity index (χ1n) is 17.1. The van der Waals surface area contributed by atoms with E-state index in [2.05, 4.69) is 0 Å². The molecule has 4 aliphatic carbocycles. The Bertz CT molecular complexity index is 2120. The predicted octanol–water partition coefficient (Wildman–Crippen LogP) is 5.49. The summed E-state index contributed by atoms with van der Waals surface area (Å²) in [6.07, 6.45) is -0.120. The quantitative estimate of drug-likeness (QED) is 0.186. The third-order valence-corrected chi connectivity index (χ3v) is 11.1. The average molecular weight is 689 g/mol. The smallest absolute Gasteiger partial charge is 0.198 e. The number of carbonyl (C=O) groups is 4. The zero-order chi connectivity index (χ0) is 36.2. The molecule has 0 aliphatic heterocycles. The molecule has 4 aromatic rings. The lowest BCUT2D eigenvalue weighted by atomic mass is 9.73. The maximum Gasteiger partial charge on any atom is 0.198 e. The van der Waals surface area contributed by atoms with E-state index in [1.807, 2.05) is 13.8 Å². The Morgan fingerprint density at radius 3 is 1.35 bits per heavy atom. The zero-order valence-corrected chi connectivity index (χ0v) is 28.5. The summed E-state index contributed by atoms with van der Waals surface area (Å²) >= 11 is 0. The Morgan fingerprint density at radius 1 is 0.588 bits per heavy atom. The van der Waals surface area contributed by atoms with E-state index in [9.17, 15) is 39.6 Å². The van der Waals surface area contributed by atoms with Gasteiger partial charge in [-0.25, -0.2) is 0 Å². The topological polar surface area (TPSA) is 168 Å². The summed E-state index contributed by atoms with van der Waals surface area (Å²) in [6.45, 7) is 4.00. The van der Waals surface area contributed by atoms with Crippen molar-refractivity contribution in [2.75, 3.05) is 14.2 Å². The minimum atomic E-state index is -0.968. The molecule has 4 aliphatic rings. The number of phenolic OH excluding ortho intramolecular Hbond substituents is 2. The third kappa shape index (κ3) is 4.62. The summed E-state index contributed by atoms with van der Waals surface area (Å²) < 4.78 is 11.2. The second-order valence-electron chi connectivity index (χ2n) is 14.4. The molecule has 4 unspecified atom stereocenters. The van der Waals surface area contributed by atoms with E-state index < -0.39 is 46.8 Å². The van der Waals surface area contributed by atoms with Crippen LogP contribution in [0.3, 0.4) is 0 Å². The standard InChI is InChI=1S/C41H36O10/c1-16-9-18-5-7-22-30(28(18)24(42)11-16)40(48)34-32(38(22)46)26(50-3)14-20(36(34)44)13-21-15-27(51-4)33-35(37(21)45)41(49)31-23(39(33)47)8-6-19-10-17(2)12-25(43)29(19)31/h5-8,14-17,24-25,42-45H,9-13H2,1-4H3. The molecule has 0 heterocycles. The van der Waals surface area contributed by atoms with Crippen molar-refractivity contribution in [1.82, 2.24) is 0 Å². The fourth-order valence-electron chi connectivity index (χ4n) is 8.84. The molecule has 4 atom stereocenters. The van der Waals surface area contributed by atoms with Crippen molar-refractivity contribution in [3.05, 3.63) is 114 Å². The van der Waals surface area contributed by atoms with Gasteiger partial charge in [0.05, 0.1) is 48.7 Å². The molecule has 0 saturated heterocycles. The number of fused-ring (bicyclic) bond motifs is 8. The second-order valence-corrected chi connectivity index (χ2v) is 14.4. The first-order chi connectivity index (χ1) is 24.4. The van der Waals surface area contributed by atoms with Gasteiger partial charge < -0.3 is 29.9 Å². The van der Waals surface area contributed by atoms with Crippen molar-refractivity contribution < 1.29 is 49.1 Å². The molecular weight excluding hydrogens is 652 g/mol. The van der Waals surface area contributed by atoms with Gasteiger partial charge in [-0.05, 0) is 84.0 Å². The van der Waals surface area contributed by atoms with Crippen LogP contribution in [0, 0.1) is 11.8 Å². The SMILES string of the molecule is COc1cc(Cc2cc(OC)c3c(c2O)C(=O)c2c(ccc4c2C(O)CC(C)C4)C3=O)c(O)c2c1C(=O)c1ccc3c(c1C2=O)C(O)CC(C)C3. The molecule has 0 bridgehead atoms. The fourth-order valence-corrected chi connectivity index (χ4v) is 8.84. The molecule has 0 fully saturated rings. The van der Waals surface area contributed by atoms with Crippen LogP contribution in [0.1, 0.15) is 136 Å². The van der Waals surface area contributed by atoms with Crippen LogP contribution >= 0.6 is 0 Å². The van der Waals surface area contributed by atoms with Crippen molar-refractivity contribution in [3.8, 4) is 23.0 Å².